The van der Waals surface area contributed by atoms with Crippen LogP contribution in [0.15, 0.2) is 27.1 Å². The van der Waals surface area contributed by atoms with Gasteiger partial charge in [0.1, 0.15) is 0 Å². The van der Waals surface area contributed by atoms with E-state index in [2.05, 4.69) is 44.1 Å². The molecule has 0 radical (unpaired) electrons. The molecule has 94 valence electrons. The highest BCUT2D eigenvalue weighted by atomic mass is 79.9. The number of amides is 1. The minimum atomic E-state index is -0.0313. The maximum atomic E-state index is 12.0. The highest BCUT2D eigenvalue weighted by Gasteiger charge is 2.10. The van der Waals surface area contributed by atoms with Gasteiger partial charge in [0, 0.05) is 26.3 Å². The summed E-state index contributed by atoms with van der Waals surface area (Å²) in [6.07, 6.45) is 0. The molecule has 1 amide bonds. The fourth-order valence-corrected chi connectivity index (χ4v) is 3.29. The Morgan fingerprint density at radius 1 is 1.35 bits per heavy atom. The SMILES string of the molecule is CCSCC(C)NC(=O)c1cc(Br)cc(Br)c1. The first-order valence-electron chi connectivity index (χ1n) is 5.37. The van der Waals surface area contributed by atoms with Crippen molar-refractivity contribution in [1.82, 2.24) is 5.32 Å². The molecule has 5 heteroatoms. The Bertz CT molecular complexity index is 378. The number of carbonyl (C=O) groups is 1. The Kier molecular flexibility index (Phi) is 6.59. The van der Waals surface area contributed by atoms with Crippen LogP contribution < -0.4 is 5.32 Å². The maximum absolute atomic E-state index is 12.0. The minimum absolute atomic E-state index is 0.0313. The number of rotatable bonds is 5. The van der Waals surface area contributed by atoms with Crippen molar-refractivity contribution in [3.8, 4) is 0 Å². The number of carbonyl (C=O) groups excluding carboxylic acids is 1. The van der Waals surface area contributed by atoms with Crippen molar-refractivity contribution in [3.63, 3.8) is 0 Å². The van der Waals surface area contributed by atoms with E-state index in [1.807, 2.05) is 36.9 Å². The molecule has 1 rings (SSSR count). The van der Waals surface area contributed by atoms with Gasteiger partial charge in [-0.15, -0.1) is 0 Å². The minimum Gasteiger partial charge on any atom is -0.349 e. The topological polar surface area (TPSA) is 29.1 Å². The smallest absolute Gasteiger partial charge is 0.251 e. The molecule has 0 aromatic heterocycles. The summed E-state index contributed by atoms with van der Waals surface area (Å²) < 4.78 is 1.79. The molecular weight excluding hydrogens is 366 g/mol. The molecule has 1 atom stereocenters. The van der Waals surface area contributed by atoms with Crippen LogP contribution in [0.2, 0.25) is 0 Å². The summed E-state index contributed by atoms with van der Waals surface area (Å²) in [7, 11) is 0. The summed E-state index contributed by atoms with van der Waals surface area (Å²) in [6.45, 7) is 4.14. The zero-order chi connectivity index (χ0) is 12.8. The monoisotopic (exact) mass is 379 g/mol. The predicted octanol–water partition coefficient (Wildman–Crippen LogP) is 4.08. The molecule has 1 unspecified atom stereocenters. The fourth-order valence-electron chi connectivity index (χ4n) is 1.33. The fraction of sp³-hybridized carbons (Fsp3) is 0.417. The van der Waals surface area contributed by atoms with E-state index in [4.69, 9.17) is 0 Å². The first-order chi connectivity index (χ1) is 8.02. The van der Waals surface area contributed by atoms with Gasteiger partial charge in [-0.25, -0.2) is 0 Å². The average Bonchev–Trinajstić information content (AvgIpc) is 2.25. The van der Waals surface area contributed by atoms with Gasteiger partial charge in [-0.1, -0.05) is 38.8 Å². The van der Waals surface area contributed by atoms with Gasteiger partial charge in [-0.3, -0.25) is 4.79 Å². The van der Waals surface area contributed by atoms with Crippen molar-refractivity contribution in [3.05, 3.63) is 32.7 Å². The molecule has 0 bridgehead atoms. The van der Waals surface area contributed by atoms with Gasteiger partial charge in [0.2, 0.25) is 0 Å². The lowest BCUT2D eigenvalue weighted by Gasteiger charge is -2.13. The molecule has 1 aromatic rings. The van der Waals surface area contributed by atoms with E-state index >= 15 is 0 Å². The van der Waals surface area contributed by atoms with E-state index in [1.54, 1.807) is 0 Å². The highest BCUT2D eigenvalue weighted by molar-refractivity contribution is 9.11. The van der Waals surface area contributed by atoms with Gasteiger partial charge in [0.05, 0.1) is 0 Å². The molecule has 1 aromatic carbocycles. The Hall–Kier alpha value is -0.000000000000000111. The Morgan fingerprint density at radius 3 is 2.47 bits per heavy atom. The van der Waals surface area contributed by atoms with E-state index in [1.165, 1.54) is 0 Å². The molecule has 0 saturated heterocycles. The number of nitrogens with one attached hydrogen (secondary N) is 1. The molecule has 1 N–H and O–H groups in total. The Labute approximate surface area is 123 Å². The molecular formula is C12H15Br2NOS. The van der Waals surface area contributed by atoms with Crippen molar-refractivity contribution >= 4 is 49.5 Å². The molecule has 0 aliphatic heterocycles. The second-order valence-electron chi connectivity index (χ2n) is 3.69. The molecule has 17 heavy (non-hydrogen) atoms. The first kappa shape index (κ1) is 15.1. The summed E-state index contributed by atoms with van der Waals surface area (Å²) in [5, 5.41) is 2.98. The summed E-state index contributed by atoms with van der Waals surface area (Å²) >= 11 is 8.58. The third-order valence-corrected chi connectivity index (χ3v) is 4.13. The van der Waals surface area contributed by atoms with Crippen LogP contribution in [0.5, 0.6) is 0 Å². The van der Waals surface area contributed by atoms with Gasteiger partial charge >= 0.3 is 0 Å². The third kappa shape index (κ3) is 5.44. The van der Waals surface area contributed by atoms with E-state index in [-0.39, 0.29) is 11.9 Å². The molecule has 0 fully saturated rings. The quantitative estimate of drug-likeness (QED) is 0.833. The third-order valence-electron chi connectivity index (χ3n) is 2.07. The predicted molar refractivity (Wildman–Crippen MR) is 81.8 cm³/mol. The van der Waals surface area contributed by atoms with Crippen LogP contribution in [0.25, 0.3) is 0 Å². The molecule has 0 saturated carbocycles. The Morgan fingerprint density at radius 2 is 1.94 bits per heavy atom. The zero-order valence-electron chi connectivity index (χ0n) is 9.80. The van der Waals surface area contributed by atoms with Crippen molar-refractivity contribution in [1.29, 1.82) is 0 Å². The molecule has 0 spiro atoms. The second-order valence-corrected chi connectivity index (χ2v) is 6.84. The molecule has 0 aliphatic rings. The van der Waals surface area contributed by atoms with Gasteiger partial charge in [0.15, 0.2) is 0 Å². The lowest BCUT2D eigenvalue weighted by atomic mass is 10.2. The zero-order valence-corrected chi connectivity index (χ0v) is 13.8. The number of hydrogen-bond acceptors (Lipinski definition) is 2. The van der Waals surface area contributed by atoms with E-state index in [0.717, 1.165) is 20.5 Å². The van der Waals surface area contributed by atoms with Crippen molar-refractivity contribution in [2.75, 3.05) is 11.5 Å². The molecule has 2 nitrogen and oxygen atoms in total. The number of hydrogen-bond donors (Lipinski definition) is 1. The van der Waals surface area contributed by atoms with Crippen molar-refractivity contribution < 1.29 is 4.79 Å². The van der Waals surface area contributed by atoms with E-state index < -0.39 is 0 Å². The van der Waals surface area contributed by atoms with Crippen LogP contribution in [0, 0.1) is 0 Å². The van der Waals surface area contributed by atoms with Crippen LogP contribution in [0.3, 0.4) is 0 Å². The molecule has 0 aliphatic carbocycles. The lowest BCUT2D eigenvalue weighted by molar-refractivity contribution is 0.0943. The maximum Gasteiger partial charge on any atom is 0.251 e. The van der Waals surface area contributed by atoms with Crippen molar-refractivity contribution in [2.45, 2.75) is 19.9 Å². The largest absolute Gasteiger partial charge is 0.349 e. The van der Waals surface area contributed by atoms with Gasteiger partial charge in [-0.05, 0) is 30.9 Å². The van der Waals surface area contributed by atoms with E-state index in [0.29, 0.717) is 5.56 Å². The summed E-state index contributed by atoms with van der Waals surface area (Å²) in [5.41, 5.74) is 0.666. The average molecular weight is 381 g/mol. The second kappa shape index (κ2) is 7.44. The van der Waals surface area contributed by atoms with Gasteiger partial charge < -0.3 is 5.32 Å². The van der Waals surface area contributed by atoms with Crippen LogP contribution in [0.4, 0.5) is 0 Å². The number of halogens is 2. The van der Waals surface area contributed by atoms with Crippen LogP contribution in [0.1, 0.15) is 24.2 Å². The van der Waals surface area contributed by atoms with Crippen LogP contribution in [-0.4, -0.2) is 23.5 Å². The van der Waals surface area contributed by atoms with Crippen LogP contribution in [-0.2, 0) is 0 Å². The number of benzene rings is 1. The summed E-state index contributed by atoms with van der Waals surface area (Å²) in [6, 6.07) is 5.73. The van der Waals surface area contributed by atoms with Gasteiger partial charge in [-0.2, -0.15) is 11.8 Å². The van der Waals surface area contributed by atoms with Gasteiger partial charge in [0.25, 0.3) is 5.91 Å². The summed E-state index contributed by atoms with van der Waals surface area (Å²) in [5.74, 6) is 1.98. The Balaban J connectivity index is 2.63. The van der Waals surface area contributed by atoms with E-state index in [9.17, 15) is 4.79 Å². The lowest BCUT2D eigenvalue weighted by Crippen LogP contribution is -2.34. The first-order valence-corrected chi connectivity index (χ1v) is 8.11. The highest BCUT2D eigenvalue weighted by Crippen LogP contribution is 2.20. The van der Waals surface area contributed by atoms with Crippen molar-refractivity contribution in [2.24, 2.45) is 0 Å². The summed E-state index contributed by atoms with van der Waals surface area (Å²) in [4.78, 5) is 12.0. The normalized spacial score (nSPS) is 12.2. The standard InChI is InChI=1S/C12H15Br2NOS/c1-3-17-7-8(2)15-12(16)9-4-10(13)6-11(14)5-9/h4-6,8H,3,7H2,1-2H3,(H,15,16). The number of thioether (sulfide) groups is 1. The van der Waals surface area contributed by atoms with Crippen LogP contribution >= 0.6 is 43.6 Å². The molecule has 0 heterocycles.